The predicted molar refractivity (Wildman–Crippen MR) is 162 cm³/mol. The highest BCUT2D eigenvalue weighted by molar-refractivity contribution is 6.00. The molecule has 7 rings (SSSR count). The second kappa shape index (κ2) is 12.3. The van der Waals surface area contributed by atoms with Gasteiger partial charge in [-0.25, -0.2) is 9.78 Å². The van der Waals surface area contributed by atoms with Crippen molar-refractivity contribution in [3.8, 4) is 11.4 Å². The van der Waals surface area contributed by atoms with Crippen LogP contribution in [0.15, 0.2) is 48.5 Å². The van der Waals surface area contributed by atoms with Crippen LogP contribution >= 0.6 is 0 Å². The molecule has 2 atom stereocenters. The van der Waals surface area contributed by atoms with E-state index in [9.17, 15) is 9.59 Å². The average Bonchev–Trinajstić information content (AvgIpc) is 3.67. The molecule has 3 aromatic rings. The first-order valence-corrected chi connectivity index (χ1v) is 15.4. The first-order chi connectivity index (χ1) is 21.1. The van der Waals surface area contributed by atoms with E-state index >= 15 is 0 Å². The zero-order valence-electron chi connectivity index (χ0n) is 24.2. The molecule has 0 radical (unpaired) electrons. The summed E-state index contributed by atoms with van der Waals surface area (Å²) in [7, 11) is 0. The van der Waals surface area contributed by atoms with Crippen molar-refractivity contribution >= 4 is 29.3 Å². The molecule has 2 bridgehead atoms. The number of hydrogen-bond acceptors (Lipinski definition) is 8. The molecule has 3 amide bonds. The minimum atomic E-state index is -0.363. The van der Waals surface area contributed by atoms with Gasteiger partial charge < -0.3 is 29.9 Å². The van der Waals surface area contributed by atoms with Gasteiger partial charge in [0.05, 0.1) is 25.3 Å². The molecule has 11 nitrogen and oxygen atoms in total. The lowest BCUT2D eigenvalue weighted by Gasteiger charge is -2.35. The van der Waals surface area contributed by atoms with Gasteiger partial charge in [0.15, 0.2) is 5.82 Å². The van der Waals surface area contributed by atoms with Gasteiger partial charge in [-0.05, 0) is 87.1 Å². The Morgan fingerprint density at radius 2 is 1.37 bits per heavy atom. The molecule has 1 aromatic heterocycles. The number of carbonyl (C=O) groups is 2. The highest BCUT2D eigenvalue weighted by Crippen LogP contribution is 2.34. The summed E-state index contributed by atoms with van der Waals surface area (Å²) < 4.78 is 11.4. The number of rotatable bonds is 6. The van der Waals surface area contributed by atoms with Crippen LogP contribution in [0, 0.1) is 0 Å². The summed E-state index contributed by atoms with van der Waals surface area (Å²) in [6.45, 7) is 4.45. The summed E-state index contributed by atoms with van der Waals surface area (Å²) in [5.41, 5.74) is 2.75. The monoisotopic (exact) mass is 583 g/mol. The van der Waals surface area contributed by atoms with E-state index < -0.39 is 0 Å². The molecule has 4 saturated heterocycles. The van der Waals surface area contributed by atoms with Crippen LogP contribution in [0.2, 0.25) is 0 Å². The van der Waals surface area contributed by atoms with Gasteiger partial charge in [-0.15, -0.1) is 0 Å². The lowest BCUT2D eigenvalue weighted by atomic mass is 9.99. The normalized spacial score (nSPS) is 22.0. The van der Waals surface area contributed by atoms with Gasteiger partial charge in [0.2, 0.25) is 5.95 Å². The van der Waals surface area contributed by atoms with Crippen LogP contribution in [0.1, 0.15) is 60.6 Å². The Hall–Kier alpha value is -4.09. The quantitative estimate of drug-likeness (QED) is 0.429. The van der Waals surface area contributed by atoms with Crippen molar-refractivity contribution in [1.82, 2.24) is 19.9 Å². The van der Waals surface area contributed by atoms with Gasteiger partial charge in [-0.1, -0.05) is 0 Å². The number of aromatic nitrogens is 3. The number of amides is 3. The summed E-state index contributed by atoms with van der Waals surface area (Å²) in [5.74, 6) is 2.47. The summed E-state index contributed by atoms with van der Waals surface area (Å²) in [6.07, 6.45) is 6.07. The van der Waals surface area contributed by atoms with Crippen molar-refractivity contribution in [2.24, 2.45) is 0 Å². The molecule has 43 heavy (non-hydrogen) atoms. The Kier molecular flexibility index (Phi) is 7.90. The molecule has 224 valence electrons. The van der Waals surface area contributed by atoms with Crippen LogP contribution < -0.4 is 15.5 Å². The molecule has 4 aliphatic rings. The van der Waals surface area contributed by atoms with Gasteiger partial charge in [0.25, 0.3) is 5.91 Å². The van der Waals surface area contributed by atoms with Crippen LogP contribution in [0.3, 0.4) is 0 Å². The van der Waals surface area contributed by atoms with Crippen LogP contribution in [-0.2, 0) is 9.47 Å². The summed E-state index contributed by atoms with van der Waals surface area (Å²) in [5, 5.41) is 5.72. The van der Waals surface area contributed by atoms with Crippen molar-refractivity contribution in [2.45, 2.75) is 56.5 Å². The molecule has 11 heteroatoms. The number of urea groups is 1. The van der Waals surface area contributed by atoms with E-state index in [1.165, 1.54) is 0 Å². The topological polar surface area (TPSA) is 122 Å². The minimum absolute atomic E-state index is 0.0380. The zero-order valence-corrected chi connectivity index (χ0v) is 24.2. The smallest absolute Gasteiger partial charge is 0.323 e. The minimum Gasteiger partial charge on any atom is -0.381 e. The van der Waals surface area contributed by atoms with Crippen LogP contribution in [0.4, 0.5) is 22.1 Å². The first kappa shape index (κ1) is 27.7. The maximum Gasteiger partial charge on any atom is 0.323 e. The number of ether oxygens (including phenoxy) is 2. The van der Waals surface area contributed by atoms with E-state index in [1.807, 2.05) is 29.2 Å². The van der Waals surface area contributed by atoms with E-state index in [2.05, 4.69) is 15.5 Å². The molecular formula is C32H37N7O4. The maximum atomic E-state index is 12.7. The SMILES string of the molecule is O=C(Nc1ccc(C(=O)N2CCCC2)cc1)Nc1ccc(-c2nc(C3CCOCC3)nc(N3C4CCC3COC4)n2)cc1. The Labute approximate surface area is 251 Å². The van der Waals surface area contributed by atoms with Crippen molar-refractivity contribution in [2.75, 3.05) is 55.1 Å². The van der Waals surface area contributed by atoms with E-state index in [0.29, 0.717) is 61.3 Å². The number of morpholine rings is 1. The Morgan fingerprint density at radius 3 is 2.02 bits per heavy atom. The number of fused-ring (bicyclic) bond motifs is 2. The number of hydrogen-bond donors (Lipinski definition) is 2. The summed E-state index contributed by atoms with van der Waals surface area (Å²) in [6, 6.07) is 14.8. The van der Waals surface area contributed by atoms with Crippen LogP contribution in [0.5, 0.6) is 0 Å². The van der Waals surface area contributed by atoms with Crippen LogP contribution in [-0.4, -0.2) is 83.4 Å². The number of benzene rings is 2. The number of anilines is 3. The van der Waals surface area contributed by atoms with E-state index in [1.54, 1.807) is 24.3 Å². The summed E-state index contributed by atoms with van der Waals surface area (Å²) in [4.78, 5) is 44.4. The van der Waals surface area contributed by atoms with Gasteiger partial charge in [-0.2, -0.15) is 9.97 Å². The van der Waals surface area contributed by atoms with E-state index in [0.717, 1.165) is 69.0 Å². The van der Waals surface area contributed by atoms with E-state index in [4.69, 9.17) is 24.4 Å². The fourth-order valence-electron chi connectivity index (χ4n) is 6.51. The molecule has 0 spiro atoms. The number of likely N-dealkylation sites (tertiary alicyclic amines) is 1. The maximum absolute atomic E-state index is 12.7. The molecule has 5 heterocycles. The van der Waals surface area contributed by atoms with Crippen molar-refractivity contribution in [1.29, 1.82) is 0 Å². The molecule has 4 fully saturated rings. The van der Waals surface area contributed by atoms with Gasteiger partial charge >= 0.3 is 6.03 Å². The molecular weight excluding hydrogens is 546 g/mol. The third kappa shape index (κ3) is 6.05. The first-order valence-electron chi connectivity index (χ1n) is 15.4. The highest BCUT2D eigenvalue weighted by atomic mass is 16.5. The molecule has 2 aromatic carbocycles. The fraction of sp³-hybridized carbons (Fsp3) is 0.469. The van der Waals surface area contributed by atoms with Crippen molar-refractivity contribution in [3.05, 3.63) is 59.9 Å². The third-order valence-corrected chi connectivity index (χ3v) is 8.88. The zero-order chi connectivity index (χ0) is 29.2. The number of nitrogens with one attached hydrogen (secondary N) is 2. The fourth-order valence-corrected chi connectivity index (χ4v) is 6.51. The van der Waals surface area contributed by atoms with Crippen molar-refractivity contribution < 1.29 is 19.1 Å². The van der Waals surface area contributed by atoms with Gasteiger partial charge in [-0.3, -0.25) is 4.79 Å². The standard InChI is InChI=1S/C32H37N7O4/c40-30(38-15-1-2-16-38)23-5-9-25(10-6-23)34-32(41)33-24-7-3-21(4-8-24)28-35-29(22-13-17-42-18-14-22)37-31(36-28)39-26-11-12-27(39)20-43-19-26/h3-10,22,26-27H,1-2,11-20H2,(H2,33,34,41). The average molecular weight is 584 g/mol. The molecule has 4 aliphatic heterocycles. The highest BCUT2D eigenvalue weighted by Gasteiger charge is 2.39. The van der Waals surface area contributed by atoms with E-state index in [-0.39, 0.29) is 17.9 Å². The number of carbonyl (C=O) groups excluding carboxylic acids is 2. The second-order valence-corrected chi connectivity index (χ2v) is 11.8. The molecule has 2 N–H and O–H groups in total. The van der Waals surface area contributed by atoms with Gasteiger partial charge in [0, 0.05) is 54.7 Å². The molecule has 2 unspecified atom stereocenters. The van der Waals surface area contributed by atoms with Crippen molar-refractivity contribution in [3.63, 3.8) is 0 Å². The lowest BCUT2D eigenvalue weighted by Crippen LogP contribution is -2.47. The van der Waals surface area contributed by atoms with Crippen LogP contribution in [0.25, 0.3) is 11.4 Å². The van der Waals surface area contributed by atoms with Gasteiger partial charge in [0.1, 0.15) is 5.82 Å². The Bertz CT molecular complexity index is 1440. The Balaban J connectivity index is 1.04. The Morgan fingerprint density at radius 1 is 0.744 bits per heavy atom. The second-order valence-electron chi connectivity index (χ2n) is 11.8. The summed E-state index contributed by atoms with van der Waals surface area (Å²) >= 11 is 0. The largest absolute Gasteiger partial charge is 0.381 e. The third-order valence-electron chi connectivity index (χ3n) is 8.88. The predicted octanol–water partition coefficient (Wildman–Crippen LogP) is 4.68. The number of nitrogens with zero attached hydrogens (tertiary/aromatic N) is 5. The molecule has 0 aliphatic carbocycles. The lowest BCUT2D eigenvalue weighted by molar-refractivity contribution is 0.0792. The molecule has 0 saturated carbocycles.